The number of nitrogens with two attached hydrogens (primary N) is 1. The minimum Gasteiger partial charge on any atom is -0.381 e. The van der Waals surface area contributed by atoms with Crippen LogP contribution < -0.4 is 11.1 Å². The van der Waals surface area contributed by atoms with Crippen LogP contribution >= 0.6 is 0 Å². The lowest BCUT2D eigenvalue weighted by molar-refractivity contribution is 0.0982. The van der Waals surface area contributed by atoms with Crippen molar-refractivity contribution < 1.29 is 4.79 Å². The molecule has 4 rings (SSSR count). The number of benzene rings is 1. The van der Waals surface area contributed by atoms with Gasteiger partial charge in [0.15, 0.2) is 5.78 Å². The van der Waals surface area contributed by atoms with Gasteiger partial charge in [-0.2, -0.15) is 5.26 Å². The number of aromatic nitrogens is 2. The molecule has 1 fully saturated rings. The number of pyridine rings is 2. The standard InChI is InChI=1S/C25H27N5O/c1-2-3-24(31)22-15-29-23-11-5-16(17-4-8-20(13-26)28-14-17)12-21(23)25(22)30-19-9-6-18(27)7-10-19/h4-5,8,11-12,14-15,18-19H,2-3,6-7,9-10,27H2,1H3,(H,29,30). The predicted molar refractivity (Wildman–Crippen MR) is 123 cm³/mol. The van der Waals surface area contributed by atoms with Crippen LogP contribution in [0.4, 0.5) is 5.69 Å². The molecule has 0 aliphatic heterocycles. The number of nitrogens with zero attached hydrogens (tertiary/aromatic N) is 3. The lowest BCUT2D eigenvalue weighted by Gasteiger charge is -2.29. The number of anilines is 1. The second kappa shape index (κ2) is 9.23. The number of Topliss-reactive ketones (excluding diaryl/α,β-unsaturated/α-hetero) is 1. The smallest absolute Gasteiger partial charge is 0.166 e. The molecule has 3 N–H and O–H groups in total. The van der Waals surface area contributed by atoms with E-state index in [9.17, 15) is 4.79 Å². The molecule has 2 heterocycles. The largest absolute Gasteiger partial charge is 0.381 e. The van der Waals surface area contributed by atoms with Gasteiger partial charge in [-0.05, 0) is 61.9 Å². The Kier molecular flexibility index (Phi) is 6.24. The Balaban J connectivity index is 1.79. The molecular weight excluding hydrogens is 386 g/mol. The molecule has 2 aromatic heterocycles. The summed E-state index contributed by atoms with van der Waals surface area (Å²) in [5.74, 6) is 0.109. The lowest BCUT2D eigenvalue weighted by atomic mass is 9.91. The van der Waals surface area contributed by atoms with Crippen molar-refractivity contribution in [3.8, 4) is 17.2 Å². The summed E-state index contributed by atoms with van der Waals surface area (Å²) in [5, 5.41) is 13.6. The maximum Gasteiger partial charge on any atom is 0.166 e. The van der Waals surface area contributed by atoms with Crippen LogP contribution in [0.2, 0.25) is 0 Å². The quantitative estimate of drug-likeness (QED) is 0.561. The molecule has 0 amide bonds. The van der Waals surface area contributed by atoms with E-state index < -0.39 is 0 Å². The highest BCUT2D eigenvalue weighted by molar-refractivity contribution is 6.08. The number of hydrogen-bond donors (Lipinski definition) is 2. The zero-order chi connectivity index (χ0) is 21.8. The maximum atomic E-state index is 12.9. The van der Waals surface area contributed by atoms with Crippen LogP contribution in [0.25, 0.3) is 22.0 Å². The van der Waals surface area contributed by atoms with Crippen LogP contribution in [-0.4, -0.2) is 27.8 Å². The van der Waals surface area contributed by atoms with Crippen LogP contribution in [-0.2, 0) is 0 Å². The molecule has 31 heavy (non-hydrogen) atoms. The first-order chi connectivity index (χ1) is 15.1. The van der Waals surface area contributed by atoms with Gasteiger partial charge in [-0.1, -0.05) is 13.0 Å². The highest BCUT2D eigenvalue weighted by Gasteiger charge is 2.22. The number of nitriles is 1. The Morgan fingerprint density at radius 3 is 2.58 bits per heavy atom. The Bertz CT molecular complexity index is 1130. The number of carbonyl (C=O) groups is 1. The van der Waals surface area contributed by atoms with Crippen LogP contribution in [0.15, 0.2) is 42.7 Å². The number of rotatable bonds is 6. The molecule has 3 aromatic rings. The van der Waals surface area contributed by atoms with Crippen LogP contribution in [0, 0.1) is 11.3 Å². The molecule has 0 bridgehead atoms. The van der Waals surface area contributed by atoms with E-state index in [1.807, 2.05) is 31.2 Å². The maximum absolute atomic E-state index is 12.9. The Morgan fingerprint density at radius 1 is 1.13 bits per heavy atom. The highest BCUT2D eigenvalue weighted by atomic mass is 16.1. The summed E-state index contributed by atoms with van der Waals surface area (Å²) in [4.78, 5) is 21.6. The topological polar surface area (TPSA) is 105 Å². The van der Waals surface area contributed by atoms with E-state index in [1.54, 1.807) is 18.5 Å². The van der Waals surface area contributed by atoms with Gasteiger partial charge in [0.05, 0.1) is 16.8 Å². The third-order valence-corrected chi connectivity index (χ3v) is 5.98. The van der Waals surface area contributed by atoms with Gasteiger partial charge in [-0.15, -0.1) is 0 Å². The predicted octanol–water partition coefficient (Wildman–Crippen LogP) is 4.83. The van der Waals surface area contributed by atoms with Crippen molar-refractivity contribution >= 4 is 22.4 Å². The first kappa shape index (κ1) is 21.0. The van der Waals surface area contributed by atoms with Crippen LogP contribution in [0.1, 0.15) is 61.5 Å². The molecule has 0 spiro atoms. The fourth-order valence-electron chi connectivity index (χ4n) is 4.20. The van der Waals surface area contributed by atoms with E-state index in [2.05, 4.69) is 21.4 Å². The van der Waals surface area contributed by atoms with Crippen molar-refractivity contribution in [2.75, 3.05) is 5.32 Å². The fraction of sp³-hybridized carbons (Fsp3) is 0.360. The van der Waals surface area contributed by atoms with Gasteiger partial charge in [0, 0.05) is 41.8 Å². The van der Waals surface area contributed by atoms with Gasteiger partial charge >= 0.3 is 0 Å². The van der Waals surface area contributed by atoms with Crippen molar-refractivity contribution in [3.63, 3.8) is 0 Å². The molecule has 0 radical (unpaired) electrons. The normalized spacial score (nSPS) is 18.5. The number of hydrogen-bond acceptors (Lipinski definition) is 6. The Morgan fingerprint density at radius 2 is 1.90 bits per heavy atom. The van der Waals surface area contributed by atoms with Gasteiger partial charge in [0.25, 0.3) is 0 Å². The summed E-state index contributed by atoms with van der Waals surface area (Å²) in [6, 6.07) is 12.2. The molecule has 1 saturated carbocycles. The van der Waals surface area contributed by atoms with Crippen molar-refractivity contribution in [1.82, 2.24) is 9.97 Å². The minimum absolute atomic E-state index is 0.109. The SMILES string of the molecule is CCCC(=O)c1cnc2ccc(-c3ccc(C#N)nc3)cc2c1NC1CCC(N)CC1. The monoisotopic (exact) mass is 413 g/mol. The summed E-state index contributed by atoms with van der Waals surface area (Å²) in [6.45, 7) is 2.01. The summed E-state index contributed by atoms with van der Waals surface area (Å²) < 4.78 is 0. The summed E-state index contributed by atoms with van der Waals surface area (Å²) >= 11 is 0. The van der Waals surface area contributed by atoms with Gasteiger partial charge in [0.1, 0.15) is 11.8 Å². The van der Waals surface area contributed by atoms with Gasteiger partial charge in [-0.3, -0.25) is 9.78 Å². The number of ketones is 1. The average Bonchev–Trinajstić information content (AvgIpc) is 2.80. The second-order valence-corrected chi connectivity index (χ2v) is 8.25. The third-order valence-electron chi connectivity index (χ3n) is 5.98. The molecule has 0 saturated heterocycles. The summed E-state index contributed by atoms with van der Waals surface area (Å²) in [7, 11) is 0. The zero-order valence-electron chi connectivity index (χ0n) is 17.8. The molecule has 1 aliphatic carbocycles. The highest BCUT2D eigenvalue weighted by Crippen LogP contribution is 2.33. The van der Waals surface area contributed by atoms with Crippen molar-refractivity contribution in [2.24, 2.45) is 5.73 Å². The van der Waals surface area contributed by atoms with E-state index in [-0.39, 0.29) is 11.8 Å². The van der Waals surface area contributed by atoms with Crippen molar-refractivity contribution in [1.29, 1.82) is 5.26 Å². The lowest BCUT2D eigenvalue weighted by Crippen LogP contribution is -2.33. The number of carbonyl (C=O) groups excluding carboxylic acids is 1. The molecule has 0 unspecified atom stereocenters. The summed E-state index contributed by atoms with van der Waals surface area (Å²) in [5.41, 5.74) is 10.7. The summed E-state index contributed by atoms with van der Waals surface area (Å²) in [6.07, 6.45) is 8.66. The Labute approximate surface area is 182 Å². The molecule has 158 valence electrons. The third kappa shape index (κ3) is 4.57. The first-order valence-electron chi connectivity index (χ1n) is 10.9. The Hall–Kier alpha value is -3.30. The van der Waals surface area contributed by atoms with Gasteiger partial charge in [-0.25, -0.2) is 4.98 Å². The average molecular weight is 414 g/mol. The zero-order valence-corrected chi connectivity index (χ0v) is 17.8. The van der Waals surface area contributed by atoms with Gasteiger partial charge in [0.2, 0.25) is 0 Å². The van der Waals surface area contributed by atoms with E-state index in [0.29, 0.717) is 23.7 Å². The number of fused-ring (bicyclic) bond motifs is 1. The fourth-order valence-corrected chi connectivity index (χ4v) is 4.20. The van der Waals surface area contributed by atoms with E-state index in [0.717, 1.165) is 59.8 Å². The molecule has 0 atom stereocenters. The first-order valence-corrected chi connectivity index (χ1v) is 10.9. The minimum atomic E-state index is 0.109. The molecule has 1 aromatic carbocycles. The van der Waals surface area contributed by atoms with Crippen molar-refractivity contribution in [3.05, 3.63) is 54.0 Å². The molecular formula is C25H27N5O. The molecule has 6 heteroatoms. The van der Waals surface area contributed by atoms with E-state index >= 15 is 0 Å². The van der Waals surface area contributed by atoms with Crippen molar-refractivity contribution in [2.45, 2.75) is 57.5 Å². The molecule has 1 aliphatic rings. The van der Waals surface area contributed by atoms with E-state index in [4.69, 9.17) is 11.0 Å². The molecule has 6 nitrogen and oxygen atoms in total. The second-order valence-electron chi connectivity index (χ2n) is 8.25. The van der Waals surface area contributed by atoms with Gasteiger partial charge < -0.3 is 11.1 Å². The van der Waals surface area contributed by atoms with Crippen LogP contribution in [0.5, 0.6) is 0 Å². The number of nitrogens with one attached hydrogen (secondary N) is 1. The van der Waals surface area contributed by atoms with E-state index in [1.165, 1.54) is 0 Å². The van der Waals surface area contributed by atoms with Crippen LogP contribution in [0.3, 0.4) is 0 Å².